The SMILES string of the molecule is CC(C)c1ccc(NC(=O)N2CCc3nc(Cc4ccc(F)cc4)[nH]c(=O)c3C2)cc1. The van der Waals surface area contributed by atoms with Gasteiger partial charge in [-0.3, -0.25) is 4.79 Å². The fourth-order valence-corrected chi connectivity index (χ4v) is 3.68. The lowest BCUT2D eigenvalue weighted by molar-refractivity contribution is 0.205. The zero-order valence-corrected chi connectivity index (χ0v) is 17.6. The molecule has 0 saturated carbocycles. The van der Waals surface area contributed by atoms with Gasteiger partial charge in [-0.1, -0.05) is 38.1 Å². The van der Waals surface area contributed by atoms with Crippen LogP contribution in [0.3, 0.4) is 0 Å². The first-order valence-electron chi connectivity index (χ1n) is 10.4. The van der Waals surface area contributed by atoms with Crippen LogP contribution in [-0.2, 0) is 19.4 Å². The van der Waals surface area contributed by atoms with E-state index >= 15 is 0 Å². The van der Waals surface area contributed by atoms with Gasteiger partial charge in [0.25, 0.3) is 5.56 Å². The molecule has 1 aliphatic heterocycles. The number of aromatic nitrogens is 2. The van der Waals surface area contributed by atoms with Crippen molar-refractivity contribution in [3.05, 3.63) is 92.9 Å². The van der Waals surface area contributed by atoms with E-state index in [1.54, 1.807) is 17.0 Å². The van der Waals surface area contributed by atoms with Crippen molar-refractivity contribution in [1.82, 2.24) is 14.9 Å². The van der Waals surface area contributed by atoms with E-state index in [1.165, 1.54) is 17.7 Å². The standard InChI is InChI=1S/C24H25FN4O2/c1-15(2)17-5-9-19(10-6-17)26-24(31)29-12-11-21-20(14-29)23(30)28-22(27-21)13-16-3-7-18(25)8-4-16/h3-10,15H,11-14H2,1-2H3,(H,26,31)(H,27,28,30). The first kappa shape index (κ1) is 20.8. The van der Waals surface area contributed by atoms with Gasteiger partial charge in [0.2, 0.25) is 0 Å². The molecule has 2 N–H and O–H groups in total. The lowest BCUT2D eigenvalue weighted by atomic mass is 10.0. The number of urea groups is 1. The number of fused-ring (bicyclic) bond motifs is 1. The quantitative estimate of drug-likeness (QED) is 0.664. The Morgan fingerprint density at radius 3 is 2.55 bits per heavy atom. The zero-order valence-electron chi connectivity index (χ0n) is 17.6. The van der Waals surface area contributed by atoms with Crippen LogP contribution in [0.15, 0.2) is 53.3 Å². The summed E-state index contributed by atoms with van der Waals surface area (Å²) in [6, 6.07) is 13.7. The lowest BCUT2D eigenvalue weighted by Gasteiger charge is -2.28. The molecule has 0 aliphatic carbocycles. The van der Waals surface area contributed by atoms with Crippen LogP contribution in [0.2, 0.25) is 0 Å². The van der Waals surface area contributed by atoms with E-state index in [0.29, 0.717) is 42.4 Å². The minimum absolute atomic E-state index is 0.213. The number of rotatable bonds is 4. The number of nitrogens with zero attached hydrogens (tertiary/aromatic N) is 2. The smallest absolute Gasteiger partial charge is 0.320 e. The predicted molar refractivity (Wildman–Crippen MR) is 118 cm³/mol. The third-order valence-corrected chi connectivity index (χ3v) is 5.52. The molecule has 2 aromatic carbocycles. The van der Waals surface area contributed by atoms with Gasteiger partial charge in [-0.05, 0) is 41.3 Å². The molecule has 2 heterocycles. The normalized spacial score (nSPS) is 13.2. The molecule has 4 rings (SSSR count). The Labute approximate surface area is 180 Å². The van der Waals surface area contributed by atoms with Crippen molar-refractivity contribution in [2.45, 2.75) is 39.2 Å². The Balaban J connectivity index is 1.45. The van der Waals surface area contributed by atoms with Crippen LogP contribution in [-0.4, -0.2) is 27.4 Å². The zero-order chi connectivity index (χ0) is 22.0. The van der Waals surface area contributed by atoms with Crippen molar-refractivity contribution in [1.29, 1.82) is 0 Å². The van der Waals surface area contributed by atoms with Gasteiger partial charge >= 0.3 is 6.03 Å². The number of hydrogen-bond acceptors (Lipinski definition) is 3. The number of aromatic amines is 1. The highest BCUT2D eigenvalue weighted by atomic mass is 19.1. The molecule has 3 aromatic rings. The van der Waals surface area contributed by atoms with Crippen LogP contribution in [0.4, 0.5) is 14.9 Å². The maximum atomic E-state index is 13.1. The summed E-state index contributed by atoms with van der Waals surface area (Å²) in [6.45, 7) is 4.94. The molecule has 0 bridgehead atoms. The van der Waals surface area contributed by atoms with Crippen LogP contribution < -0.4 is 10.9 Å². The van der Waals surface area contributed by atoms with Crippen LogP contribution >= 0.6 is 0 Å². The molecule has 2 amide bonds. The van der Waals surface area contributed by atoms with E-state index in [1.807, 2.05) is 24.3 Å². The van der Waals surface area contributed by atoms with Crippen molar-refractivity contribution in [2.75, 3.05) is 11.9 Å². The third-order valence-electron chi connectivity index (χ3n) is 5.52. The number of carbonyl (C=O) groups excluding carboxylic acids is 1. The number of anilines is 1. The Morgan fingerprint density at radius 2 is 1.87 bits per heavy atom. The fraction of sp³-hybridized carbons (Fsp3) is 0.292. The largest absolute Gasteiger partial charge is 0.322 e. The van der Waals surface area contributed by atoms with Crippen LogP contribution in [0.1, 0.15) is 48.0 Å². The van der Waals surface area contributed by atoms with E-state index < -0.39 is 0 Å². The molecule has 7 heteroatoms. The molecule has 0 spiro atoms. The molecule has 1 aliphatic rings. The Hall–Kier alpha value is -3.48. The van der Waals surface area contributed by atoms with Crippen molar-refractivity contribution in [3.8, 4) is 0 Å². The Morgan fingerprint density at radius 1 is 1.16 bits per heavy atom. The highest BCUT2D eigenvalue weighted by Gasteiger charge is 2.24. The topological polar surface area (TPSA) is 78.1 Å². The number of halogens is 1. The fourth-order valence-electron chi connectivity index (χ4n) is 3.68. The minimum atomic E-state index is -0.301. The van der Waals surface area contributed by atoms with Crippen molar-refractivity contribution < 1.29 is 9.18 Å². The van der Waals surface area contributed by atoms with Gasteiger partial charge in [-0.2, -0.15) is 0 Å². The summed E-state index contributed by atoms with van der Waals surface area (Å²) in [4.78, 5) is 34.4. The number of nitrogens with one attached hydrogen (secondary N) is 2. The molecule has 1 aromatic heterocycles. The maximum Gasteiger partial charge on any atom is 0.322 e. The van der Waals surface area contributed by atoms with Gasteiger partial charge in [0, 0.05) is 25.1 Å². The summed E-state index contributed by atoms with van der Waals surface area (Å²) in [5, 5.41) is 2.90. The number of carbonyl (C=O) groups is 1. The first-order chi connectivity index (χ1) is 14.9. The molecule has 31 heavy (non-hydrogen) atoms. The summed E-state index contributed by atoms with van der Waals surface area (Å²) in [6.07, 6.45) is 0.925. The van der Waals surface area contributed by atoms with Gasteiger partial charge in [-0.15, -0.1) is 0 Å². The number of amides is 2. The minimum Gasteiger partial charge on any atom is -0.320 e. The Bertz CT molecular complexity index is 1140. The molecule has 0 atom stereocenters. The average molecular weight is 420 g/mol. The highest BCUT2D eigenvalue weighted by Crippen LogP contribution is 2.19. The molecule has 0 unspecified atom stereocenters. The second-order valence-corrected chi connectivity index (χ2v) is 8.12. The van der Waals surface area contributed by atoms with Gasteiger partial charge < -0.3 is 15.2 Å². The summed E-state index contributed by atoms with van der Waals surface area (Å²) in [7, 11) is 0. The molecule has 6 nitrogen and oxygen atoms in total. The van der Waals surface area contributed by atoms with Gasteiger partial charge in [0.15, 0.2) is 0 Å². The van der Waals surface area contributed by atoms with E-state index in [2.05, 4.69) is 29.1 Å². The van der Waals surface area contributed by atoms with Gasteiger partial charge in [0.05, 0.1) is 17.8 Å². The molecular formula is C24H25FN4O2. The number of H-pyrrole nitrogens is 1. The van der Waals surface area contributed by atoms with Crippen molar-refractivity contribution >= 4 is 11.7 Å². The molecule has 160 valence electrons. The second-order valence-electron chi connectivity index (χ2n) is 8.12. The summed E-state index contributed by atoms with van der Waals surface area (Å²) < 4.78 is 13.1. The van der Waals surface area contributed by atoms with Crippen LogP contribution in [0.25, 0.3) is 0 Å². The van der Waals surface area contributed by atoms with Gasteiger partial charge in [-0.25, -0.2) is 14.2 Å². The number of benzene rings is 2. The van der Waals surface area contributed by atoms with E-state index in [0.717, 1.165) is 11.3 Å². The average Bonchev–Trinajstić information content (AvgIpc) is 2.75. The van der Waals surface area contributed by atoms with E-state index in [4.69, 9.17) is 0 Å². The summed E-state index contributed by atoms with van der Waals surface area (Å²) in [5.74, 6) is 0.666. The summed E-state index contributed by atoms with van der Waals surface area (Å²) >= 11 is 0. The second kappa shape index (κ2) is 8.71. The van der Waals surface area contributed by atoms with Crippen LogP contribution in [0, 0.1) is 5.82 Å². The van der Waals surface area contributed by atoms with Gasteiger partial charge in [0.1, 0.15) is 11.6 Å². The van der Waals surface area contributed by atoms with E-state index in [9.17, 15) is 14.0 Å². The highest BCUT2D eigenvalue weighted by molar-refractivity contribution is 5.89. The first-order valence-corrected chi connectivity index (χ1v) is 10.4. The molecule has 0 saturated heterocycles. The van der Waals surface area contributed by atoms with E-state index in [-0.39, 0.29) is 24.0 Å². The van der Waals surface area contributed by atoms with Crippen molar-refractivity contribution in [2.24, 2.45) is 0 Å². The monoisotopic (exact) mass is 420 g/mol. The Kier molecular flexibility index (Phi) is 5.84. The number of hydrogen-bond donors (Lipinski definition) is 2. The lowest BCUT2D eigenvalue weighted by Crippen LogP contribution is -2.42. The maximum absolute atomic E-state index is 13.1. The third kappa shape index (κ3) is 4.82. The molecule has 0 radical (unpaired) electrons. The summed E-state index contributed by atoms with van der Waals surface area (Å²) in [5.41, 5.74) is 3.79. The predicted octanol–water partition coefficient (Wildman–Crippen LogP) is 4.21. The molecule has 0 fully saturated rings. The van der Waals surface area contributed by atoms with Crippen molar-refractivity contribution in [3.63, 3.8) is 0 Å². The molecular weight excluding hydrogens is 395 g/mol. The van der Waals surface area contributed by atoms with Crippen LogP contribution in [0.5, 0.6) is 0 Å².